The van der Waals surface area contributed by atoms with Crippen molar-refractivity contribution in [1.82, 2.24) is 9.78 Å². The van der Waals surface area contributed by atoms with Crippen LogP contribution in [0.25, 0.3) is 0 Å². The summed E-state index contributed by atoms with van der Waals surface area (Å²) >= 11 is 0. The molecular formula is C14H18FN3O2S. The van der Waals surface area contributed by atoms with E-state index in [1.807, 2.05) is 13.8 Å². The minimum atomic E-state index is -3.81. The highest BCUT2D eigenvalue weighted by Gasteiger charge is 2.24. The van der Waals surface area contributed by atoms with Crippen molar-refractivity contribution in [3.05, 3.63) is 47.0 Å². The number of nitrogens with two attached hydrogens (primary N) is 1. The molecule has 114 valence electrons. The lowest BCUT2D eigenvalue weighted by Crippen LogP contribution is -2.16. The zero-order chi connectivity index (χ0) is 15.6. The van der Waals surface area contributed by atoms with Crippen LogP contribution in [0, 0.1) is 5.82 Å². The molecule has 0 bridgehead atoms. The van der Waals surface area contributed by atoms with Crippen LogP contribution < -0.4 is 5.14 Å². The van der Waals surface area contributed by atoms with E-state index in [1.54, 1.807) is 16.8 Å². The Bertz CT molecular complexity index is 736. The average molecular weight is 311 g/mol. The molecule has 0 aliphatic rings. The molecule has 1 heterocycles. The lowest BCUT2D eigenvalue weighted by molar-refractivity contribution is 0.593. The van der Waals surface area contributed by atoms with Crippen molar-refractivity contribution >= 4 is 10.0 Å². The topological polar surface area (TPSA) is 78.0 Å². The minimum absolute atomic E-state index is 0.120. The van der Waals surface area contributed by atoms with Gasteiger partial charge in [0.15, 0.2) is 0 Å². The standard InChI is InChI=1S/C14H18FN3O2S/c1-3-12-14(21(16,19)20)13(4-2)18(17-12)9-10-5-7-11(15)8-6-10/h5-8H,3-4,9H2,1-2H3,(H2,16,19,20). The molecule has 0 aliphatic carbocycles. The number of hydrogen-bond acceptors (Lipinski definition) is 3. The summed E-state index contributed by atoms with van der Waals surface area (Å²) in [6.45, 7) is 4.07. The molecule has 2 aromatic rings. The summed E-state index contributed by atoms with van der Waals surface area (Å²) in [7, 11) is -3.81. The van der Waals surface area contributed by atoms with Crippen LogP contribution in [0.2, 0.25) is 0 Å². The van der Waals surface area contributed by atoms with Gasteiger partial charge in [-0.2, -0.15) is 5.10 Å². The summed E-state index contributed by atoms with van der Waals surface area (Å²) in [4.78, 5) is 0.120. The fourth-order valence-corrected chi connectivity index (χ4v) is 3.42. The van der Waals surface area contributed by atoms with Crippen LogP contribution in [-0.2, 0) is 29.4 Å². The molecule has 0 saturated heterocycles. The quantitative estimate of drug-likeness (QED) is 0.915. The first kappa shape index (κ1) is 15.7. The Morgan fingerprint density at radius 1 is 1.19 bits per heavy atom. The maximum atomic E-state index is 12.9. The van der Waals surface area contributed by atoms with Gasteiger partial charge in [-0.3, -0.25) is 4.68 Å². The van der Waals surface area contributed by atoms with Gasteiger partial charge in [-0.05, 0) is 30.5 Å². The molecule has 0 spiro atoms. The van der Waals surface area contributed by atoms with Crippen LogP contribution >= 0.6 is 0 Å². The predicted octanol–water partition coefficient (Wildman–Crippen LogP) is 1.84. The van der Waals surface area contributed by atoms with Crippen molar-refractivity contribution in [2.45, 2.75) is 38.1 Å². The zero-order valence-electron chi connectivity index (χ0n) is 12.0. The molecule has 1 aromatic heterocycles. The van der Waals surface area contributed by atoms with Gasteiger partial charge in [0.2, 0.25) is 10.0 Å². The number of primary sulfonamides is 1. The van der Waals surface area contributed by atoms with Gasteiger partial charge >= 0.3 is 0 Å². The van der Waals surface area contributed by atoms with E-state index in [9.17, 15) is 12.8 Å². The van der Waals surface area contributed by atoms with E-state index in [0.29, 0.717) is 30.8 Å². The third-order valence-electron chi connectivity index (χ3n) is 3.28. The molecule has 2 rings (SSSR count). The molecule has 0 saturated carbocycles. The van der Waals surface area contributed by atoms with Gasteiger partial charge in [-0.1, -0.05) is 26.0 Å². The van der Waals surface area contributed by atoms with Crippen molar-refractivity contribution in [3.63, 3.8) is 0 Å². The first-order valence-corrected chi connectivity index (χ1v) is 8.27. The van der Waals surface area contributed by atoms with E-state index in [1.165, 1.54) is 12.1 Å². The van der Waals surface area contributed by atoms with Crippen molar-refractivity contribution in [3.8, 4) is 0 Å². The molecule has 1 aromatic carbocycles. The second-order valence-corrected chi connectivity index (χ2v) is 6.26. The fraction of sp³-hybridized carbons (Fsp3) is 0.357. The number of nitrogens with zero attached hydrogens (tertiary/aromatic N) is 2. The monoisotopic (exact) mass is 311 g/mol. The highest BCUT2D eigenvalue weighted by molar-refractivity contribution is 7.89. The lowest BCUT2D eigenvalue weighted by atomic mass is 10.2. The molecule has 21 heavy (non-hydrogen) atoms. The number of aromatic nitrogens is 2. The third-order valence-corrected chi connectivity index (χ3v) is 4.32. The van der Waals surface area contributed by atoms with E-state index < -0.39 is 10.0 Å². The van der Waals surface area contributed by atoms with Crippen LogP contribution in [-0.4, -0.2) is 18.2 Å². The smallest absolute Gasteiger partial charge is 0.241 e. The molecular weight excluding hydrogens is 293 g/mol. The minimum Gasteiger partial charge on any atom is -0.263 e. The van der Waals surface area contributed by atoms with Gasteiger partial charge in [0, 0.05) is 0 Å². The van der Waals surface area contributed by atoms with Crippen LogP contribution in [0.3, 0.4) is 0 Å². The van der Waals surface area contributed by atoms with E-state index in [4.69, 9.17) is 5.14 Å². The van der Waals surface area contributed by atoms with E-state index in [-0.39, 0.29) is 10.7 Å². The van der Waals surface area contributed by atoms with Gasteiger partial charge < -0.3 is 0 Å². The van der Waals surface area contributed by atoms with E-state index in [0.717, 1.165) is 5.56 Å². The lowest BCUT2D eigenvalue weighted by Gasteiger charge is -2.07. The molecule has 0 amide bonds. The Labute approximate surface area is 123 Å². The van der Waals surface area contributed by atoms with E-state index >= 15 is 0 Å². The second-order valence-electron chi connectivity index (χ2n) is 4.76. The Kier molecular flexibility index (Phi) is 4.43. The molecule has 0 aliphatic heterocycles. The van der Waals surface area contributed by atoms with Crippen molar-refractivity contribution < 1.29 is 12.8 Å². The van der Waals surface area contributed by atoms with Gasteiger partial charge in [0.1, 0.15) is 10.7 Å². The summed E-state index contributed by atoms with van der Waals surface area (Å²) in [6, 6.07) is 6.04. The SMILES string of the molecule is CCc1nn(Cc2ccc(F)cc2)c(CC)c1S(N)(=O)=O. The number of benzene rings is 1. The highest BCUT2D eigenvalue weighted by atomic mass is 32.2. The summed E-state index contributed by atoms with van der Waals surface area (Å²) < 4.78 is 38.1. The first-order chi connectivity index (χ1) is 9.86. The number of sulfonamides is 1. The third kappa shape index (κ3) is 3.30. The van der Waals surface area contributed by atoms with Gasteiger partial charge in [-0.25, -0.2) is 17.9 Å². The molecule has 0 atom stereocenters. The predicted molar refractivity (Wildman–Crippen MR) is 77.9 cm³/mol. The maximum Gasteiger partial charge on any atom is 0.241 e. The van der Waals surface area contributed by atoms with Crippen molar-refractivity contribution in [2.75, 3.05) is 0 Å². The Morgan fingerprint density at radius 3 is 2.29 bits per heavy atom. The second kappa shape index (κ2) is 5.95. The van der Waals surface area contributed by atoms with Crippen LogP contribution in [0.15, 0.2) is 29.2 Å². The summed E-state index contributed by atoms with van der Waals surface area (Å²) in [5.41, 5.74) is 1.90. The number of rotatable bonds is 5. The molecule has 0 unspecified atom stereocenters. The Hall–Kier alpha value is -1.73. The number of halogens is 1. The van der Waals surface area contributed by atoms with E-state index in [2.05, 4.69) is 5.10 Å². The summed E-state index contributed by atoms with van der Waals surface area (Å²) in [5.74, 6) is -0.311. The largest absolute Gasteiger partial charge is 0.263 e. The maximum absolute atomic E-state index is 12.9. The van der Waals surface area contributed by atoms with Crippen LogP contribution in [0.4, 0.5) is 4.39 Å². The fourth-order valence-electron chi connectivity index (χ4n) is 2.33. The molecule has 0 fully saturated rings. The van der Waals surface area contributed by atoms with Crippen molar-refractivity contribution in [2.24, 2.45) is 5.14 Å². The molecule has 5 nitrogen and oxygen atoms in total. The van der Waals surface area contributed by atoms with Crippen molar-refractivity contribution in [1.29, 1.82) is 0 Å². The number of hydrogen-bond donors (Lipinski definition) is 1. The van der Waals surface area contributed by atoms with Crippen LogP contribution in [0.1, 0.15) is 30.8 Å². The first-order valence-electron chi connectivity index (χ1n) is 6.72. The molecule has 2 N–H and O–H groups in total. The molecule has 7 heteroatoms. The Morgan fingerprint density at radius 2 is 1.81 bits per heavy atom. The van der Waals surface area contributed by atoms with Gasteiger partial charge in [0.05, 0.1) is 17.9 Å². The molecule has 0 radical (unpaired) electrons. The number of aryl methyl sites for hydroxylation is 1. The summed E-state index contributed by atoms with van der Waals surface area (Å²) in [6.07, 6.45) is 0.981. The van der Waals surface area contributed by atoms with Gasteiger partial charge in [0.25, 0.3) is 0 Å². The normalized spacial score (nSPS) is 11.8. The van der Waals surface area contributed by atoms with Gasteiger partial charge in [-0.15, -0.1) is 0 Å². The van der Waals surface area contributed by atoms with Crippen LogP contribution in [0.5, 0.6) is 0 Å². The summed E-state index contributed by atoms with van der Waals surface area (Å²) in [5, 5.41) is 9.65. The highest BCUT2D eigenvalue weighted by Crippen LogP contribution is 2.21. The zero-order valence-corrected chi connectivity index (χ0v) is 12.8. The Balaban J connectivity index is 2.49. The average Bonchev–Trinajstić information content (AvgIpc) is 2.79.